The minimum absolute atomic E-state index is 0.101. The summed E-state index contributed by atoms with van der Waals surface area (Å²) in [6, 6.07) is 4.69. The average Bonchev–Trinajstić information content (AvgIpc) is 2.36. The number of carbonyl (C=O) groups is 2. The van der Waals surface area contributed by atoms with E-state index in [1.807, 2.05) is 0 Å². The second kappa shape index (κ2) is 6.48. The van der Waals surface area contributed by atoms with Crippen molar-refractivity contribution in [2.24, 2.45) is 0 Å². The van der Waals surface area contributed by atoms with Crippen molar-refractivity contribution < 1.29 is 23.8 Å². The number of nitrogen functional groups attached to an aromatic ring is 1. The average molecular weight is 253 g/mol. The third-order valence-corrected chi connectivity index (χ3v) is 2.10. The van der Waals surface area contributed by atoms with Gasteiger partial charge in [-0.05, 0) is 19.1 Å². The predicted octanol–water partition coefficient (Wildman–Crippen LogP) is 0.997. The number of methoxy groups -OCH3 is 1. The molecule has 0 bridgehead atoms. The highest BCUT2D eigenvalue weighted by atomic mass is 16.6. The van der Waals surface area contributed by atoms with Crippen LogP contribution in [-0.4, -0.2) is 32.3 Å². The van der Waals surface area contributed by atoms with Gasteiger partial charge in [-0.2, -0.15) is 0 Å². The summed E-state index contributed by atoms with van der Waals surface area (Å²) in [7, 11) is 1.24. The molecule has 0 aliphatic heterocycles. The number of hydrogen-bond donors (Lipinski definition) is 1. The smallest absolute Gasteiger partial charge is 0.344 e. The van der Waals surface area contributed by atoms with Gasteiger partial charge in [0.2, 0.25) is 0 Å². The molecule has 0 aliphatic carbocycles. The molecule has 0 heterocycles. The summed E-state index contributed by atoms with van der Waals surface area (Å²) < 4.78 is 14.5. The van der Waals surface area contributed by atoms with E-state index in [2.05, 4.69) is 4.74 Å². The van der Waals surface area contributed by atoms with Gasteiger partial charge in [-0.15, -0.1) is 0 Å². The molecule has 0 spiro atoms. The third-order valence-electron chi connectivity index (χ3n) is 2.10. The van der Waals surface area contributed by atoms with Crippen molar-refractivity contribution in [3.63, 3.8) is 0 Å². The Kier molecular flexibility index (Phi) is 4.98. The molecule has 18 heavy (non-hydrogen) atoms. The molecule has 0 atom stereocenters. The molecule has 0 fully saturated rings. The third kappa shape index (κ3) is 3.38. The standard InChI is InChI=1S/C12H15NO5/c1-3-17-10(14)7-18-9-6-4-5-8(13)11(9)12(15)16-2/h4-6H,3,7,13H2,1-2H3. The summed E-state index contributed by atoms with van der Waals surface area (Å²) in [5.74, 6) is -0.947. The lowest BCUT2D eigenvalue weighted by Gasteiger charge is -2.11. The van der Waals surface area contributed by atoms with Crippen LogP contribution in [0, 0.1) is 0 Å². The van der Waals surface area contributed by atoms with Gasteiger partial charge in [0.25, 0.3) is 0 Å². The number of hydrogen-bond acceptors (Lipinski definition) is 6. The zero-order valence-corrected chi connectivity index (χ0v) is 10.3. The highest BCUT2D eigenvalue weighted by Gasteiger charge is 2.17. The lowest BCUT2D eigenvalue weighted by Crippen LogP contribution is -2.16. The number of ether oxygens (including phenoxy) is 3. The maximum absolute atomic E-state index is 11.5. The Hall–Kier alpha value is -2.24. The summed E-state index contributed by atoms with van der Waals surface area (Å²) in [6.45, 7) is 1.67. The summed E-state index contributed by atoms with van der Waals surface area (Å²) in [4.78, 5) is 22.7. The number of rotatable bonds is 5. The van der Waals surface area contributed by atoms with Gasteiger partial charge in [-0.1, -0.05) is 6.07 Å². The SMILES string of the molecule is CCOC(=O)COc1cccc(N)c1C(=O)OC. The van der Waals surface area contributed by atoms with Gasteiger partial charge >= 0.3 is 11.9 Å². The Labute approximate surface area is 105 Å². The molecule has 0 saturated heterocycles. The minimum Gasteiger partial charge on any atom is -0.481 e. The molecule has 0 saturated carbocycles. The van der Waals surface area contributed by atoms with Gasteiger partial charge < -0.3 is 19.9 Å². The molecule has 0 amide bonds. The van der Waals surface area contributed by atoms with Crippen molar-refractivity contribution in [2.45, 2.75) is 6.92 Å². The Bertz CT molecular complexity index is 444. The molecule has 6 heteroatoms. The van der Waals surface area contributed by atoms with E-state index in [-0.39, 0.29) is 30.2 Å². The maximum atomic E-state index is 11.5. The zero-order valence-electron chi connectivity index (χ0n) is 10.3. The van der Waals surface area contributed by atoms with Gasteiger partial charge in [0.05, 0.1) is 13.7 Å². The molecule has 1 rings (SSSR count). The number of nitrogens with two attached hydrogens (primary N) is 1. The lowest BCUT2D eigenvalue weighted by molar-refractivity contribution is -0.145. The van der Waals surface area contributed by atoms with E-state index >= 15 is 0 Å². The number of benzene rings is 1. The fraction of sp³-hybridized carbons (Fsp3) is 0.333. The normalized spacial score (nSPS) is 9.67. The Morgan fingerprint density at radius 3 is 2.67 bits per heavy atom. The predicted molar refractivity (Wildman–Crippen MR) is 64.3 cm³/mol. The van der Waals surface area contributed by atoms with E-state index < -0.39 is 11.9 Å². The van der Waals surface area contributed by atoms with Crippen molar-refractivity contribution in [2.75, 3.05) is 26.1 Å². The fourth-order valence-electron chi connectivity index (χ4n) is 1.33. The van der Waals surface area contributed by atoms with E-state index in [1.165, 1.54) is 13.2 Å². The van der Waals surface area contributed by atoms with Crippen molar-refractivity contribution in [1.29, 1.82) is 0 Å². The molecule has 98 valence electrons. The Balaban J connectivity index is 2.85. The highest BCUT2D eigenvalue weighted by molar-refractivity contribution is 5.98. The van der Waals surface area contributed by atoms with Gasteiger partial charge in [0, 0.05) is 5.69 Å². The molecule has 0 radical (unpaired) electrons. The van der Waals surface area contributed by atoms with Gasteiger partial charge in [-0.25, -0.2) is 9.59 Å². The van der Waals surface area contributed by atoms with Crippen LogP contribution in [0.2, 0.25) is 0 Å². The van der Waals surface area contributed by atoms with Crippen LogP contribution in [0.15, 0.2) is 18.2 Å². The van der Waals surface area contributed by atoms with Crippen molar-refractivity contribution >= 4 is 17.6 Å². The number of anilines is 1. The molecular formula is C12H15NO5. The van der Waals surface area contributed by atoms with E-state index in [0.717, 1.165) is 0 Å². The van der Waals surface area contributed by atoms with Crippen molar-refractivity contribution in [3.8, 4) is 5.75 Å². The zero-order chi connectivity index (χ0) is 13.5. The first-order chi connectivity index (χ1) is 8.60. The van der Waals surface area contributed by atoms with Crippen LogP contribution in [0.3, 0.4) is 0 Å². The van der Waals surface area contributed by atoms with Gasteiger partial charge in [0.15, 0.2) is 6.61 Å². The summed E-state index contributed by atoms with van der Waals surface area (Å²) in [5, 5.41) is 0. The second-order valence-corrected chi connectivity index (χ2v) is 3.31. The lowest BCUT2D eigenvalue weighted by atomic mass is 10.1. The van der Waals surface area contributed by atoms with Crippen LogP contribution >= 0.6 is 0 Å². The monoisotopic (exact) mass is 253 g/mol. The summed E-state index contributed by atoms with van der Waals surface area (Å²) in [6.07, 6.45) is 0. The van der Waals surface area contributed by atoms with Crippen LogP contribution in [0.4, 0.5) is 5.69 Å². The molecule has 2 N–H and O–H groups in total. The first kappa shape index (κ1) is 13.8. The molecule has 0 aromatic heterocycles. The van der Waals surface area contributed by atoms with Crippen LogP contribution in [-0.2, 0) is 14.3 Å². The summed E-state index contributed by atoms with van der Waals surface area (Å²) in [5.41, 5.74) is 5.99. The quantitative estimate of drug-likeness (QED) is 0.622. The molecule has 1 aromatic carbocycles. The topological polar surface area (TPSA) is 87.9 Å². The first-order valence-corrected chi connectivity index (χ1v) is 5.35. The minimum atomic E-state index is -0.619. The molecule has 0 unspecified atom stereocenters. The Morgan fingerprint density at radius 1 is 1.33 bits per heavy atom. The number of esters is 2. The number of carbonyl (C=O) groups excluding carboxylic acids is 2. The highest BCUT2D eigenvalue weighted by Crippen LogP contribution is 2.25. The van der Waals surface area contributed by atoms with Crippen LogP contribution in [0.1, 0.15) is 17.3 Å². The van der Waals surface area contributed by atoms with Crippen LogP contribution < -0.4 is 10.5 Å². The molecule has 1 aromatic rings. The second-order valence-electron chi connectivity index (χ2n) is 3.31. The molecule has 6 nitrogen and oxygen atoms in total. The van der Waals surface area contributed by atoms with E-state index in [0.29, 0.717) is 0 Å². The van der Waals surface area contributed by atoms with Crippen molar-refractivity contribution in [1.82, 2.24) is 0 Å². The van der Waals surface area contributed by atoms with E-state index in [4.69, 9.17) is 15.2 Å². The van der Waals surface area contributed by atoms with Gasteiger partial charge in [0.1, 0.15) is 11.3 Å². The maximum Gasteiger partial charge on any atom is 0.344 e. The van der Waals surface area contributed by atoms with Crippen molar-refractivity contribution in [3.05, 3.63) is 23.8 Å². The van der Waals surface area contributed by atoms with Gasteiger partial charge in [-0.3, -0.25) is 0 Å². The Morgan fingerprint density at radius 2 is 2.06 bits per heavy atom. The first-order valence-electron chi connectivity index (χ1n) is 5.35. The van der Waals surface area contributed by atoms with E-state index in [1.54, 1.807) is 19.1 Å². The van der Waals surface area contributed by atoms with Crippen LogP contribution in [0.25, 0.3) is 0 Å². The van der Waals surface area contributed by atoms with E-state index in [9.17, 15) is 9.59 Å². The summed E-state index contributed by atoms with van der Waals surface area (Å²) >= 11 is 0. The largest absolute Gasteiger partial charge is 0.481 e. The van der Waals surface area contributed by atoms with Crippen LogP contribution in [0.5, 0.6) is 5.75 Å². The fourth-order valence-corrected chi connectivity index (χ4v) is 1.33. The molecule has 0 aliphatic rings. The molecular weight excluding hydrogens is 238 g/mol.